The van der Waals surface area contributed by atoms with Crippen LogP contribution >= 0.6 is 0 Å². The van der Waals surface area contributed by atoms with E-state index in [1.807, 2.05) is 36.4 Å². The summed E-state index contributed by atoms with van der Waals surface area (Å²) in [6, 6.07) is 13.7. The predicted molar refractivity (Wildman–Crippen MR) is 123 cm³/mol. The Hall–Kier alpha value is -2.29. The van der Waals surface area contributed by atoms with E-state index >= 15 is 4.39 Å². The maximum absolute atomic E-state index is 15.6. The molecule has 33 heavy (non-hydrogen) atoms. The molecule has 0 aromatic heterocycles. The zero-order valence-corrected chi connectivity index (χ0v) is 19.5. The summed E-state index contributed by atoms with van der Waals surface area (Å²) in [5.41, 5.74) is 1.48. The van der Waals surface area contributed by atoms with Crippen molar-refractivity contribution in [2.75, 3.05) is 18.9 Å². The molecule has 176 valence electrons. The standard InChI is InChI=1S/C25H29FN2O4S/c1-2-33(30,31)27-23-20(28(16-25(23)12-13-25)24(29)21-11-14-32-21)15-18-9-6-10-19(22(18)26)17-7-4-3-5-8-17/h3-10,20-21,23,27H,2,11-16H2,1H3/t20-,21+,23+/m0/s1. The van der Waals surface area contributed by atoms with Gasteiger partial charge in [-0.25, -0.2) is 17.5 Å². The Morgan fingerprint density at radius 3 is 2.52 bits per heavy atom. The smallest absolute Gasteiger partial charge is 0.252 e. The highest BCUT2D eigenvalue weighted by Gasteiger charge is 2.61. The number of carbonyl (C=O) groups is 1. The monoisotopic (exact) mass is 472 g/mol. The first-order valence-corrected chi connectivity index (χ1v) is 13.2. The van der Waals surface area contributed by atoms with Gasteiger partial charge < -0.3 is 9.64 Å². The lowest BCUT2D eigenvalue weighted by atomic mass is 9.91. The van der Waals surface area contributed by atoms with Crippen LogP contribution in [0.1, 0.15) is 31.7 Å². The molecule has 1 spiro atoms. The largest absolute Gasteiger partial charge is 0.368 e. The zero-order valence-electron chi connectivity index (χ0n) is 18.7. The number of likely N-dealkylation sites (tertiary alicyclic amines) is 1. The van der Waals surface area contributed by atoms with Crippen LogP contribution in [0.3, 0.4) is 0 Å². The third-order valence-electron chi connectivity index (χ3n) is 7.36. The highest BCUT2D eigenvalue weighted by molar-refractivity contribution is 7.89. The van der Waals surface area contributed by atoms with Gasteiger partial charge in [0.1, 0.15) is 11.9 Å². The number of hydrogen-bond acceptors (Lipinski definition) is 4. The lowest BCUT2D eigenvalue weighted by molar-refractivity contribution is -0.157. The molecule has 0 radical (unpaired) electrons. The van der Waals surface area contributed by atoms with Gasteiger partial charge in [-0.1, -0.05) is 48.5 Å². The van der Waals surface area contributed by atoms with Crippen LogP contribution in [-0.4, -0.2) is 56.3 Å². The van der Waals surface area contributed by atoms with Crippen molar-refractivity contribution in [2.24, 2.45) is 5.41 Å². The first kappa shape index (κ1) is 22.5. The molecular weight excluding hydrogens is 443 g/mol. The van der Waals surface area contributed by atoms with Crippen LogP contribution in [0.25, 0.3) is 11.1 Å². The molecule has 6 nitrogen and oxygen atoms in total. The molecule has 8 heteroatoms. The van der Waals surface area contributed by atoms with Crippen molar-refractivity contribution < 1.29 is 22.3 Å². The molecule has 0 unspecified atom stereocenters. The Kier molecular flexibility index (Phi) is 5.79. The molecule has 1 N–H and O–H groups in total. The van der Waals surface area contributed by atoms with Gasteiger partial charge in [-0.2, -0.15) is 0 Å². The van der Waals surface area contributed by atoms with E-state index in [2.05, 4.69) is 4.72 Å². The maximum Gasteiger partial charge on any atom is 0.252 e. The second-order valence-electron chi connectivity index (χ2n) is 9.39. The number of benzene rings is 2. The van der Waals surface area contributed by atoms with Crippen molar-refractivity contribution in [3.63, 3.8) is 0 Å². The summed E-state index contributed by atoms with van der Waals surface area (Å²) >= 11 is 0. The fourth-order valence-corrected chi connectivity index (χ4v) is 6.10. The SMILES string of the molecule is CCS(=O)(=O)N[C@@H]1[C@H](Cc2cccc(-c3ccccc3)c2F)N(C(=O)[C@H]2CCO2)CC12CC2. The Bertz CT molecular complexity index is 1150. The minimum absolute atomic E-state index is 0.0379. The van der Waals surface area contributed by atoms with E-state index in [1.165, 1.54) is 0 Å². The second-order valence-corrected chi connectivity index (χ2v) is 11.4. The minimum atomic E-state index is -3.49. The molecule has 3 aliphatic rings. The molecule has 2 saturated heterocycles. The molecule has 2 heterocycles. The molecule has 1 saturated carbocycles. The number of hydrogen-bond donors (Lipinski definition) is 1. The van der Waals surface area contributed by atoms with Gasteiger partial charge in [0.05, 0.1) is 18.4 Å². The van der Waals surface area contributed by atoms with Crippen LogP contribution in [0.4, 0.5) is 4.39 Å². The van der Waals surface area contributed by atoms with Crippen molar-refractivity contribution in [1.82, 2.24) is 9.62 Å². The first-order chi connectivity index (χ1) is 15.8. The molecule has 3 fully saturated rings. The minimum Gasteiger partial charge on any atom is -0.368 e. The van der Waals surface area contributed by atoms with Crippen LogP contribution in [0.5, 0.6) is 0 Å². The molecule has 5 rings (SSSR count). The summed E-state index contributed by atoms with van der Waals surface area (Å²) < 4.78 is 49.0. The fraction of sp³-hybridized carbons (Fsp3) is 0.480. The van der Waals surface area contributed by atoms with E-state index in [1.54, 1.807) is 24.0 Å². The van der Waals surface area contributed by atoms with Crippen LogP contribution in [0.15, 0.2) is 48.5 Å². The normalized spacial score (nSPS) is 25.8. The highest BCUT2D eigenvalue weighted by atomic mass is 32.2. The predicted octanol–water partition coefficient (Wildman–Crippen LogP) is 3.12. The number of carbonyl (C=O) groups excluding carboxylic acids is 1. The van der Waals surface area contributed by atoms with E-state index in [0.717, 1.165) is 18.4 Å². The van der Waals surface area contributed by atoms with Crippen LogP contribution < -0.4 is 4.72 Å². The first-order valence-electron chi connectivity index (χ1n) is 11.6. The average Bonchev–Trinajstić information content (AvgIpc) is 3.49. The molecule has 1 amide bonds. The summed E-state index contributed by atoms with van der Waals surface area (Å²) in [4.78, 5) is 15.0. The summed E-state index contributed by atoms with van der Waals surface area (Å²) in [7, 11) is -3.49. The number of amides is 1. The third-order valence-corrected chi connectivity index (χ3v) is 8.73. The number of nitrogens with zero attached hydrogens (tertiary/aromatic N) is 1. The van der Waals surface area contributed by atoms with Crippen molar-refractivity contribution in [2.45, 2.75) is 50.8 Å². The molecule has 2 aromatic rings. The third kappa shape index (κ3) is 4.20. The van der Waals surface area contributed by atoms with E-state index in [0.29, 0.717) is 30.7 Å². The van der Waals surface area contributed by atoms with E-state index in [4.69, 9.17) is 4.74 Å². The van der Waals surface area contributed by atoms with Crippen LogP contribution in [-0.2, 0) is 26.0 Å². The Morgan fingerprint density at radius 1 is 1.18 bits per heavy atom. The molecule has 3 atom stereocenters. The van der Waals surface area contributed by atoms with Gasteiger partial charge in [-0.05, 0) is 37.3 Å². The van der Waals surface area contributed by atoms with Gasteiger partial charge in [0.15, 0.2) is 0 Å². The number of halogens is 1. The second kappa shape index (κ2) is 8.49. The Labute approximate surface area is 194 Å². The van der Waals surface area contributed by atoms with Crippen LogP contribution in [0, 0.1) is 11.2 Å². The number of nitrogens with one attached hydrogen (secondary N) is 1. The quantitative estimate of drug-likeness (QED) is 0.672. The summed E-state index contributed by atoms with van der Waals surface area (Å²) in [6.07, 6.45) is 2.12. The van der Waals surface area contributed by atoms with Gasteiger partial charge >= 0.3 is 0 Å². The maximum atomic E-state index is 15.6. The van der Waals surface area contributed by atoms with E-state index < -0.39 is 28.2 Å². The number of ether oxygens (including phenoxy) is 1. The molecule has 1 aliphatic carbocycles. The molecule has 0 bridgehead atoms. The van der Waals surface area contributed by atoms with E-state index in [9.17, 15) is 13.2 Å². The van der Waals surface area contributed by atoms with Gasteiger partial charge in [0, 0.05) is 30.0 Å². The average molecular weight is 473 g/mol. The molecular formula is C25H29FN2O4S. The van der Waals surface area contributed by atoms with Crippen molar-refractivity contribution in [3.8, 4) is 11.1 Å². The fourth-order valence-electron chi connectivity index (χ4n) is 5.14. The zero-order chi connectivity index (χ0) is 23.2. The highest BCUT2D eigenvalue weighted by Crippen LogP contribution is 2.56. The lowest BCUT2D eigenvalue weighted by Crippen LogP contribution is -2.53. The lowest BCUT2D eigenvalue weighted by Gasteiger charge is -2.34. The molecule has 2 aliphatic heterocycles. The Morgan fingerprint density at radius 2 is 1.91 bits per heavy atom. The van der Waals surface area contributed by atoms with Gasteiger partial charge in [-0.15, -0.1) is 0 Å². The van der Waals surface area contributed by atoms with Crippen molar-refractivity contribution in [3.05, 3.63) is 59.9 Å². The van der Waals surface area contributed by atoms with Gasteiger partial charge in [-0.3, -0.25) is 4.79 Å². The van der Waals surface area contributed by atoms with Gasteiger partial charge in [0.25, 0.3) is 5.91 Å². The van der Waals surface area contributed by atoms with E-state index in [-0.39, 0.29) is 29.3 Å². The number of rotatable bonds is 7. The summed E-state index contributed by atoms with van der Waals surface area (Å²) in [5.74, 6) is -0.482. The number of sulfonamides is 1. The van der Waals surface area contributed by atoms with Crippen molar-refractivity contribution in [1.29, 1.82) is 0 Å². The topological polar surface area (TPSA) is 75.7 Å². The summed E-state index contributed by atoms with van der Waals surface area (Å²) in [6.45, 7) is 2.63. The Balaban J connectivity index is 1.50. The summed E-state index contributed by atoms with van der Waals surface area (Å²) in [5, 5.41) is 0. The van der Waals surface area contributed by atoms with Crippen molar-refractivity contribution >= 4 is 15.9 Å². The van der Waals surface area contributed by atoms with Gasteiger partial charge in [0.2, 0.25) is 10.0 Å². The van der Waals surface area contributed by atoms with Crippen LogP contribution in [0.2, 0.25) is 0 Å². The molecule has 2 aromatic carbocycles.